The molecule has 1 aliphatic heterocycles. The minimum atomic E-state index is 0.410. The second-order valence-corrected chi connectivity index (χ2v) is 4.89. The highest BCUT2D eigenvalue weighted by Crippen LogP contribution is 2.53. The summed E-state index contributed by atoms with van der Waals surface area (Å²) in [6.45, 7) is 1.68. The van der Waals surface area contributed by atoms with Crippen LogP contribution < -0.4 is 10.5 Å². The van der Waals surface area contributed by atoms with Crippen LogP contribution in [0.15, 0.2) is 24.3 Å². The monoisotopic (exact) mass is 203 g/mol. The van der Waals surface area contributed by atoms with Crippen LogP contribution in [0.25, 0.3) is 0 Å². The summed E-state index contributed by atoms with van der Waals surface area (Å²) in [5.74, 6) is 1.71. The molecule has 2 N–H and O–H groups in total. The number of fused-ring (bicyclic) bond motifs is 1. The van der Waals surface area contributed by atoms with Crippen LogP contribution >= 0.6 is 0 Å². The Balaban J connectivity index is 1.83. The smallest absolute Gasteiger partial charge is 0.122 e. The van der Waals surface area contributed by atoms with E-state index in [0.29, 0.717) is 11.3 Å². The molecule has 1 saturated carbocycles. The first-order chi connectivity index (χ1) is 7.34. The fourth-order valence-corrected chi connectivity index (χ4v) is 2.66. The molecule has 1 aromatic rings. The third-order valence-electron chi connectivity index (χ3n) is 4.04. The molecule has 0 radical (unpaired) electrons. The van der Waals surface area contributed by atoms with Crippen LogP contribution in [-0.4, -0.2) is 13.2 Å². The van der Waals surface area contributed by atoms with E-state index in [1.54, 1.807) is 0 Å². The highest BCUT2D eigenvalue weighted by molar-refractivity contribution is 5.35. The molecular formula is C13H17NO. The molecule has 3 rings (SSSR count). The molecule has 0 spiro atoms. The summed E-state index contributed by atoms with van der Waals surface area (Å²) in [7, 11) is 0. The maximum atomic E-state index is 5.86. The number of ether oxygens (including phenoxy) is 1. The molecule has 1 aliphatic carbocycles. The van der Waals surface area contributed by atoms with Crippen LogP contribution in [0.3, 0.4) is 0 Å². The van der Waals surface area contributed by atoms with Crippen molar-refractivity contribution in [2.45, 2.75) is 19.3 Å². The summed E-state index contributed by atoms with van der Waals surface area (Å²) < 4.78 is 5.81. The molecule has 1 aromatic carbocycles. The minimum Gasteiger partial charge on any atom is -0.493 e. The largest absolute Gasteiger partial charge is 0.493 e. The van der Waals surface area contributed by atoms with Crippen molar-refractivity contribution in [3.05, 3.63) is 29.8 Å². The molecule has 1 heterocycles. The van der Waals surface area contributed by atoms with Crippen molar-refractivity contribution in [1.82, 2.24) is 0 Å². The van der Waals surface area contributed by atoms with Gasteiger partial charge in [-0.05, 0) is 42.9 Å². The fourth-order valence-electron chi connectivity index (χ4n) is 2.66. The molecule has 2 nitrogen and oxygen atoms in total. The van der Waals surface area contributed by atoms with Gasteiger partial charge in [0, 0.05) is 5.92 Å². The Labute approximate surface area is 90.4 Å². The zero-order valence-electron chi connectivity index (χ0n) is 8.91. The lowest BCUT2D eigenvalue weighted by molar-refractivity contribution is 0.160. The number of hydrogen-bond acceptors (Lipinski definition) is 2. The van der Waals surface area contributed by atoms with Crippen molar-refractivity contribution in [3.8, 4) is 5.75 Å². The van der Waals surface area contributed by atoms with Crippen LogP contribution in [-0.2, 0) is 6.42 Å². The Morgan fingerprint density at radius 3 is 2.87 bits per heavy atom. The molecule has 1 unspecified atom stereocenters. The normalized spacial score (nSPS) is 26.6. The van der Waals surface area contributed by atoms with E-state index in [9.17, 15) is 0 Å². The summed E-state index contributed by atoms with van der Waals surface area (Å²) >= 11 is 0. The second-order valence-electron chi connectivity index (χ2n) is 4.89. The van der Waals surface area contributed by atoms with Gasteiger partial charge in [-0.15, -0.1) is 0 Å². The van der Waals surface area contributed by atoms with Crippen molar-refractivity contribution in [3.63, 3.8) is 0 Å². The molecule has 0 saturated heterocycles. The Bertz CT molecular complexity index is 371. The maximum Gasteiger partial charge on any atom is 0.122 e. The van der Waals surface area contributed by atoms with Gasteiger partial charge in [0.25, 0.3) is 0 Å². The Kier molecular flexibility index (Phi) is 1.99. The number of rotatable bonds is 2. The van der Waals surface area contributed by atoms with Gasteiger partial charge in [-0.2, -0.15) is 0 Å². The van der Waals surface area contributed by atoms with E-state index < -0.39 is 0 Å². The predicted octanol–water partition coefficient (Wildman–Crippen LogP) is 1.98. The standard InChI is InChI=1S/C13H17NO/c14-9-13(5-6-13)11-7-10-3-1-2-4-12(10)15-8-11/h1-4,11H,5-9,14H2. The van der Waals surface area contributed by atoms with Gasteiger partial charge in [-0.25, -0.2) is 0 Å². The molecule has 0 aromatic heterocycles. The lowest BCUT2D eigenvalue weighted by Crippen LogP contribution is -2.33. The maximum absolute atomic E-state index is 5.86. The Morgan fingerprint density at radius 1 is 1.33 bits per heavy atom. The van der Waals surface area contributed by atoms with Crippen molar-refractivity contribution in [1.29, 1.82) is 0 Å². The van der Waals surface area contributed by atoms with Crippen LogP contribution in [0.4, 0.5) is 0 Å². The van der Waals surface area contributed by atoms with E-state index in [-0.39, 0.29) is 0 Å². The van der Waals surface area contributed by atoms with Gasteiger partial charge in [0.15, 0.2) is 0 Å². The molecule has 2 heteroatoms. The summed E-state index contributed by atoms with van der Waals surface area (Å²) in [5, 5.41) is 0. The molecule has 0 bridgehead atoms. The van der Waals surface area contributed by atoms with E-state index >= 15 is 0 Å². The van der Waals surface area contributed by atoms with Gasteiger partial charge < -0.3 is 10.5 Å². The van der Waals surface area contributed by atoms with E-state index in [1.807, 2.05) is 6.07 Å². The first-order valence-corrected chi connectivity index (χ1v) is 5.75. The van der Waals surface area contributed by atoms with E-state index in [4.69, 9.17) is 10.5 Å². The van der Waals surface area contributed by atoms with Crippen molar-refractivity contribution in [2.24, 2.45) is 17.1 Å². The van der Waals surface area contributed by atoms with Gasteiger partial charge in [0.05, 0.1) is 6.61 Å². The van der Waals surface area contributed by atoms with Crippen LogP contribution in [0.5, 0.6) is 5.75 Å². The van der Waals surface area contributed by atoms with Crippen LogP contribution in [0.1, 0.15) is 18.4 Å². The molecule has 80 valence electrons. The summed E-state index contributed by atoms with van der Waals surface area (Å²) in [6, 6.07) is 8.36. The fraction of sp³-hybridized carbons (Fsp3) is 0.538. The van der Waals surface area contributed by atoms with Crippen LogP contribution in [0.2, 0.25) is 0 Å². The number of hydrogen-bond donors (Lipinski definition) is 1. The van der Waals surface area contributed by atoms with Gasteiger partial charge >= 0.3 is 0 Å². The molecule has 1 fully saturated rings. The third-order valence-corrected chi connectivity index (χ3v) is 4.04. The first-order valence-electron chi connectivity index (χ1n) is 5.75. The summed E-state index contributed by atoms with van der Waals surface area (Å²) in [6.07, 6.45) is 3.73. The van der Waals surface area contributed by atoms with Gasteiger partial charge in [-0.1, -0.05) is 18.2 Å². The van der Waals surface area contributed by atoms with Gasteiger partial charge in [0.2, 0.25) is 0 Å². The molecule has 2 aliphatic rings. The number of nitrogens with two attached hydrogens (primary N) is 1. The van der Waals surface area contributed by atoms with Crippen LogP contribution in [0, 0.1) is 11.3 Å². The topological polar surface area (TPSA) is 35.2 Å². The quantitative estimate of drug-likeness (QED) is 0.797. The summed E-state index contributed by atoms with van der Waals surface area (Å²) in [5.41, 5.74) is 7.63. The van der Waals surface area contributed by atoms with Crippen molar-refractivity contribution >= 4 is 0 Å². The van der Waals surface area contributed by atoms with Crippen molar-refractivity contribution in [2.75, 3.05) is 13.2 Å². The third kappa shape index (κ3) is 1.44. The highest BCUT2D eigenvalue weighted by Gasteiger charge is 2.49. The average Bonchev–Trinajstić information content (AvgIpc) is 3.09. The molecule has 0 amide bonds. The predicted molar refractivity (Wildman–Crippen MR) is 59.9 cm³/mol. The van der Waals surface area contributed by atoms with Gasteiger partial charge in [0.1, 0.15) is 5.75 Å². The lowest BCUT2D eigenvalue weighted by Gasteiger charge is -2.31. The first kappa shape index (κ1) is 9.22. The SMILES string of the molecule is NCC1(C2COc3ccccc3C2)CC1. The van der Waals surface area contributed by atoms with E-state index in [1.165, 1.54) is 18.4 Å². The summed E-state index contributed by atoms with van der Waals surface area (Å²) in [4.78, 5) is 0. The molecular weight excluding hydrogens is 186 g/mol. The Hall–Kier alpha value is -1.02. The average molecular weight is 203 g/mol. The second kappa shape index (κ2) is 3.24. The van der Waals surface area contributed by atoms with E-state index in [2.05, 4.69) is 18.2 Å². The minimum absolute atomic E-state index is 0.410. The van der Waals surface area contributed by atoms with Gasteiger partial charge in [-0.3, -0.25) is 0 Å². The lowest BCUT2D eigenvalue weighted by atomic mass is 9.83. The van der Waals surface area contributed by atoms with Crippen molar-refractivity contribution < 1.29 is 4.74 Å². The Morgan fingerprint density at radius 2 is 2.13 bits per heavy atom. The number of benzene rings is 1. The molecule has 1 atom stereocenters. The zero-order valence-corrected chi connectivity index (χ0v) is 8.91. The van der Waals surface area contributed by atoms with E-state index in [0.717, 1.165) is 25.3 Å². The highest BCUT2D eigenvalue weighted by atomic mass is 16.5. The zero-order chi connectivity index (χ0) is 10.3. The molecule has 15 heavy (non-hydrogen) atoms. The number of para-hydroxylation sites is 1.